The Balaban J connectivity index is 1.53. The Morgan fingerprint density at radius 2 is 1.85 bits per heavy atom. The van der Waals surface area contributed by atoms with Crippen molar-refractivity contribution in [2.45, 2.75) is 12.8 Å². The van der Waals surface area contributed by atoms with Crippen LogP contribution >= 0.6 is 0 Å². The van der Waals surface area contributed by atoms with E-state index in [9.17, 15) is 4.79 Å². The zero-order chi connectivity index (χ0) is 18.5. The molecule has 4 rings (SSSR count). The summed E-state index contributed by atoms with van der Waals surface area (Å²) in [5.74, 6) is -0.134. The Morgan fingerprint density at radius 3 is 2.59 bits per heavy atom. The number of hydrogen-bond acceptors (Lipinski definition) is 6. The SMILES string of the molecule is O=C(c1ccncc1)N(Cc1cn(-c2ccccc2)nn1)CC1OCCO1. The lowest BCUT2D eigenvalue weighted by atomic mass is 10.2. The maximum absolute atomic E-state index is 12.9. The predicted octanol–water partition coefficient (Wildman–Crippen LogP) is 1.68. The van der Waals surface area contributed by atoms with Crippen LogP contribution in [-0.4, -0.2) is 56.8 Å². The average molecular weight is 365 g/mol. The number of pyridine rings is 1. The van der Waals surface area contributed by atoms with Crippen molar-refractivity contribution in [2.75, 3.05) is 19.8 Å². The van der Waals surface area contributed by atoms with Crippen LogP contribution in [0.2, 0.25) is 0 Å². The van der Waals surface area contributed by atoms with Gasteiger partial charge in [0.2, 0.25) is 0 Å². The Bertz CT molecular complexity index is 879. The number of nitrogens with zero attached hydrogens (tertiary/aromatic N) is 5. The monoisotopic (exact) mass is 365 g/mol. The third-order valence-corrected chi connectivity index (χ3v) is 4.19. The largest absolute Gasteiger partial charge is 0.348 e. The minimum Gasteiger partial charge on any atom is -0.348 e. The molecule has 0 bridgehead atoms. The van der Waals surface area contributed by atoms with Crippen molar-refractivity contribution >= 4 is 5.91 Å². The lowest BCUT2D eigenvalue weighted by molar-refractivity contribution is -0.0586. The van der Waals surface area contributed by atoms with Crippen molar-refractivity contribution < 1.29 is 14.3 Å². The molecule has 1 aliphatic heterocycles. The van der Waals surface area contributed by atoms with Crippen molar-refractivity contribution in [3.05, 3.63) is 72.3 Å². The van der Waals surface area contributed by atoms with Gasteiger partial charge >= 0.3 is 0 Å². The van der Waals surface area contributed by atoms with Crippen molar-refractivity contribution in [1.82, 2.24) is 24.9 Å². The highest BCUT2D eigenvalue weighted by atomic mass is 16.7. The quantitative estimate of drug-likeness (QED) is 0.661. The minimum atomic E-state index is -0.431. The van der Waals surface area contributed by atoms with Gasteiger partial charge in [0.1, 0.15) is 5.69 Å². The number of rotatable bonds is 6. The Labute approximate surface area is 156 Å². The Morgan fingerprint density at radius 1 is 1.11 bits per heavy atom. The van der Waals surface area contributed by atoms with Gasteiger partial charge < -0.3 is 14.4 Å². The molecule has 1 amide bonds. The molecule has 1 aromatic carbocycles. The molecule has 0 N–H and O–H groups in total. The number of amides is 1. The van der Waals surface area contributed by atoms with E-state index in [0.717, 1.165) is 5.69 Å². The first-order valence-electron chi connectivity index (χ1n) is 8.69. The van der Waals surface area contributed by atoms with E-state index in [0.29, 0.717) is 37.6 Å². The number of aromatic nitrogens is 4. The molecule has 138 valence electrons. The lowest BCUT2D eigenvalue weighted by Gasteiger charge is -2.24. The van der Waals surface area contributed by atoms with Crippen LogP contribution in [0.15, 0.2) is 61.1 Å². The van der Waals surface area contributed by atoms with Crippen LogP contribution in [0.4, 0.5) is 0 Å². The molecule has 0 spiro atoms. The molecule has 8 heteroatoms. The molecule has 3 heterocycles. The summed E-state index contributed by atoms with van der Waals surface area (Å²) in [5.41, 5.74) is 2.14. The van der Waals surface area contributed by atoms with Crippen molar-refractivity contribution in [1.29, 1.82) is 0 Å². The zero-order valence-electron chi connectivity index (χ0n) is 14.6. The summed E-state index contributed by atoms with van der Waals surface area (Å²) >= 11 is 0. The summed E-state index contributed by atoms with van der Waals surface area (Å²) in [6.45, 7) is 1.69. The minimum absolute atomic E-state index is 0.134. The molecule has 1 fully saturated rings. The van der Waals surface area contributed by atoms with E-state index in [1.807, 2.05) is 36.5 Å². The maximum Gasteiger partial charge on any atom is 0.254 e. The van der Waals surface area contributed by atoms with Gasteiger partial charge in [-0.1, -0.05) is 23.4 Å². The van der Waals surface area contributed by atoms with E-state index in [-0.39, 0.29) is 5.91 Å². The molecular formula is C19H19N5O3. The maximum atomic E-state index is 12.9. The molecule has 0 radical (unpaired) electrons. The van der Waals surface area contributed by atoms with E-state index in [4.69, 9.17) is 9.47 Å². The van der Waals surface area contributed by atoms with Crippen LogP contribution in [0.1, 0.15) is 16.1 Å². The first-order chi connectivity index (χ1) is 13.3. The summed E-state index contributed by atoms with van der Waals surface area (Å²) in [5, 5.41) is 8.37. The van der Waals surface area contributed by atoms with Crippen LogP contribution in [0.25, 0.3) is 5.69 Å². The molecule has 2 aromatic heterocycles. The highest BCUT2D eigenvalue weighted by Crippen LogP contribution is 2.14. The number of para-hydroxylation sites is 1. The lowest BCUT2D eigenvalue weighted by Crippen LogP contribution is -2.37. The topological polar surface area (TPSA) is 82.4 Å². The van der Waals surface area contributed by atoms with E-state index in [1.165, 1.54) is 0 Å². The third-order valence-electron chi connectivity index (χ3n) is 4.19. The van der Waals surface area contributed by atoms with Gasteiger partial charge in [0.05, 0.1) is 38.2 Å². The number of carbonyl (C=O) groups is 1. The fourth-order valence-electron chi connectivity index (χ4n) is 2.86. The average Bonchev–Trinajstić information content (AvgIpc) is 3.40. The molecule has 3 aromatic rings. The molecule has 0 atom stereocenters. The van der Waals surface area contributed by atoms with E-state index in [2.05, 4.69) is 15.3 Å². The van der Waals surface area contributed by atoms with Crippen molar-refractivity contribution in [2.24, 2.45) is 0 Å². The summed E-state index contributed by atoms with van der Waals surface area (Å²) in [6, 6.07) is 13.1. The van der Waals surface area contributed by atoms with Gasteiger partial charge in [0, 0.05) is 18.0 Å². The standard InChI is InChI=1S/C19H19N5O3/c25-19(15-6-8-20-9-7-15)23(14-18-26-10-11-27-18)12-16-13-24(22-21-16)17-4-2-1-3-5-17/h1-9,13,18H,10-12,14H2. The van der Waals surface area contributed by atoms with Crippen molar-refractivity contribution in [3.63, 3.8) is 0 Å². The van der Waals surface area contributed by atoms with Crippen LogP contribution in [0, 0.1) is 0 Å². The summed E-state index contributed by atoms with van der Waals surface area (Å²) in [7, 11) is 0. The molecule has 1 aliphatic rings. The number of benzene rings is 1. The molecule has 0 aliphatic carbocycles. The first kappa shape index (κ1) is 17.3. The molecule has 27 heavy (non-hydrogen) atoms. The van der Waals surface area contributed by atoms with Crippen LogP contribution in [-0.2, 0) is 16.0 Å². The molecule has 0 saturated carbocycles. The highest BCUT2D eigenvalue weighted by Gasteiger charge is 2.25. The zero-order valence-corrected chi connectivity index (χ0v) is 14.6. The second-order valence-corrected chi connectivity index (χ2v) is 6.08. The fourth-order valence-corrected chi connectivity index (χ4v) is 2.86. The van der Waals surface area contributed by atoms with Gasteiger partial charge in [-0.3, -0.25) is 9.78 Å². The van der Waals surface area contributed by atoms with Gasteiger partial charge in [-0.15, -0.1) is 5.10 Å². The van der Waals surface area contributed by atoms with E-state index in [1.54, 1.807) is 34.1 Å². The highest BCUT2D eigenvalue weighted by molar-refractivity contribution is 5.94. The predicted molar refractivity (Wildman–Crippen MR) is 96.0 cm³/mol. The summed E-state index contributed by atoms with van der Waals surface area (Å²) in [6.07, 6.45) is 4.58. The molecular weight excluding hydrogens is 346 g/mol. The Hall–Kier alpha value is -3.10. The second-order valence-electron chi connectivity index (χ2n) is 6.08. The van der Waals surface area contributed by atoms with Crippen LogP contribution in [0.3, 0.4) is 0 Å². The van der Waals surface area contributed by atoms with Crippen LogP contribution in [0.5, 0.6) is 0 Å². The number of carbonyl (C=O) groups excluding carboxylic acids is 1. The molecule has 1 saturated heterocycles. The van der Waals surface area contributed by atoms with Gasteiger partial charge in [-0.2, -0.15) is 0 Å². The van der Waals surface area contributed by atoms with Crippen molar-refractivity contribution in [3.8, 4) is 5.69 Å². The summed E-state index contributed by atoms with van der Waals surface area (Å²) in [4.78, 5) is 18.6. The molecule has 0 unspecified atom stereocenters. The normalized spacial score (nSPS) is 14.4. The first-order valence-corrected chi connectivity index (χ1v) is 8.69. The van der Waals surface area contributed by atoms with Gasteiger partial charge in [0.25, 0.3) is 5.91 Å². The molecule has 8 nitrogen and oxygen atoms in total. The second kappa shape index (κ2) is 8.07. The smallest absolute Gasteiger partial charge is 0.254 e. The number of ether oxygens (including phenoxy) is 2. The fraction of sp³-hybridized carbons (Fsp3) is 0.263. The van der Waals surface area contributed by atoms with E-state index < -0.39 is 6.29 Å². The van der Waals surface area contributed by atoms with Gasteiger partial charge in [-0.25, -0.2) is 4.68 Å². The number of hydrogen-bond donors (Lipinski definition) is 0. The third kappa shape index (κ3) is 4.18. The summed E-state index contributed by atoms with van der Waals surface area (Å²) < 4.78 is 12.7. The van der Waals surface area contributed by atoms with Gasteiger partial charge in [0.15, 0.2) is 6.29 Å². The Kier molecular flexibility index (Phi) is 5.17. The van der Waals surface area contributed by atoms with E-state index >= 15 is 0 Å². The van der Waals surface area contributed by atoms with Gasteiger partial charge in [-0.05, 0) is 24.3 Å². The van der Waals surface area contributed by atoms with Crippen LogP contribution < -0.4 is 0 Å².